The number of carbonyl (C=O) groups excluding carboxylic acids is 2. The van der Waals surface area contributed by atoms with Crippen LogP contribution in [0.15, 0.2) is 59.0 Å². The van der Waals surface area contributed by atoms with Gasteiger partial charge in [0, 0.05) is 49.7 Å². The smallest absolute Gasteiger partial charge is 0.416 e. The van der Waals surface area contributed by atoms with E-state index < -0.39 is 41.5 Å². The number of hydrogen-bond donors (Lipinski definition) is 2. The maximum Gasteiger partial charge on any atom is 0.416 e. The van der Waals surface area contributed by atoms with Gasteiger partial charge in [0.1, 0.15) is 0 Å². The van der Waals surface area contributed by atoms with E-state index in [0.29, 0.717) is 49.8 Å². The van der Waals surface area contributed by atoms with Crippen molar-refractivity contribution in [2.45, 2.75) is 39.8 Å². The van der Waals surface area contributed by atoms with E-state index in [0.717, 1.165) is 19.2 Å². The Morgan fingerprint density at radius 2 is 1.36 bits per heavy atom. The first-order valence-electron chi connectivity index (χ1n) is 13.9. The van der Waals surface area contributed by atoms with E-state index in [2.05, 4.69) is 4.90 Å². The molecule has 0 amide bonds. The Morgan fingerprint density at radius 1 is 0.886 bits per heavy atom. The third-order valence-corrected chi connectivity index (χ3v) is 6.85. The summed E-state index contributed by atoms with van der Waals surface area (Å²) < 4.78 is 58.2. The summed E-state index contributed by atoms with van der Waals surface area (Å²) in [6.07, 6.45) is -3.57. The molecule has 0 unspecified atom stereocenters. The molecule has 2 N–H and O–H groups in total. The van der Waals surface area contributed by atoms with Crippen LogP contribution in [0.1, 0.15) is 44.7 Å². The van der Waals surface area contributed by atoms with Crippen molar-refractivity contribution in [3.05, 3.63) is 70.1 Å². The highest BCUT2D eigenvalue weighted by atomic mass is 19.4. The largest absolute Gasteiger partial charge is 0.478 e. The molecule has 14 heteroatoms. The summed E-state index contributed by atoms with van der Waals surface area (Å²) in [5, 5.41) is 15.6. The summed E-state index contributed by atoms with van der Waals surface area (Å²) in [7, 11) is 0. The molecule has 1 fully saturated rings. The number of aliphatic carboxylic acids is 2. The fraction of sp³-hybridized carbons (Fsp3) is 0.467. The van der Waals surface area contributed by atoms with Gasteiger partial charge in [0.15, 0.2) is 0 Å². The monoisotopic (exact) mass is 626 g/mol. The van der Waals surface area contributed by atoms with Crippen molar-refractivity contribution < 1.29 is 56.8 Å². The van der Waals surface area contributed by atoms with E-state index in [1.54, 1.807) is 32.6 Å². The van der Waals surface area contributed by atoms with Crippen LogP contribution in [0.2, 0.25) is 0 Å². The number of esters is 2. The first-order chi connectivity index (χ1) is 20.7. The minimum Gasteiger partial charge on any atom is -0.478 e. The molecular weight excluding hydrogens is 589 g/mol. The number of morpholine rings is 1. The molecule has 0 atom stereocenters. The third-order valence-electron chi connectivity index (χ3n) is 6.85. The zero-order chi connectivity index (χ0) is 33.0. The van der Waals surface area contributed by atoms with Crippen molar-refractivity contribution in [1.29, 1.82) is 0 Å². The van der Waals surface area contributed by atoms with Crippen LogP contribution in [0, 0.1) is 0 Å². The first kappa shape index (κ1) is 36.0. The average Bonchev–Trinajstić information content (AvgIpc) is 2.96. The second-order valence-corrected chi connectivity index (χ2v) is 9.57. The predicted molar refractivity (Wildman–Crippen MR) is 151 cm³/mol. The Hall–Kier alpha value is -4.17. The fourth-order valence-corrected chi connectivity index (χ4v) is 4.92. The number of benzene rings is 1. The maximum atomic E-state index is 14.1. The molecule has 1 saturated heterocycles. The molecule has 0 bridgehead atoms. The van der Waals surface area contributed by atoms with E-state index >= 15 is 0 Å². The number of carbonyl (C=O) groups is 4. The highest BCUT2D eigenvalue weighted by Crippen LogP contribution is 2.46. The van der Waals surface area contributed by atoms with Crippen LogP contribution in [0.4, 0.5) is 13.2 Å². The van der Waals surface area contributed by atoms with Crippen molar-refractivity contribution >= 4 is 23.9 Å². The Balaban J connectivity index is 0.000000742. The molecule has 11 nitrogen and oxygen atoms in total. The van der Waals surface area contributed by atoms with E-state index in [-0.39, 0.29) is 29.9 Å². The molecule has 44 heavy (non-hydrogen) atoms. The van der Waals surface area contributed by atoms with Crippen molar-refractivity contribution in [3.63, 3.8) is 0 Å². The van der Waals surface area contributed by atoms with E-state index in [9.17, 15) is 32.3 Å². The third kappa shape index (κ3) is 9.67. The van der Waals surface area contributed by atoms with E-state index in [1.165, 1.54) is 18.2 Å². The fourth-order valence-electron chi connectivity index (χ4n) is 4.92. The van der Waals surface area contributed by atoms with Crippen molar-refractivity contribution in [2.75, 3.05) is 52.6 Å². The van der Waals surface area contributed by atoms with Gasteiger partial charge in [-0.25, -0.2) is 19.2 Å². The van der Waals surface area contributed by atoms with Crippen LogP contribution in [0.25, 0.3) is 0 Å². The van der Waals surface area contributed by atoms with E-state index in [4.69, 9.17) is 24.4 Å². The van der Waals surface area contributed by atoms with Crippen LogP contribution in [-0.2, 0) is 39.6 Å². The molecule has 1 aromatic carbocycles. The molecule has 2 aliphatic rings. The normalized spacial score (nSPS) is 16.5. The zero-order valence-corrected chi connectivity index (χ0v) is 25.0. The average molecular weight is 627 g/mol. The lowest BCUT2D eigenvalue weighted by atomic mass is 9.78. The number of carboxylic acids is 2. The van der Waals surface area contributed by atoms with Crippen LogP contribution in [-0.4, -0.2) is 96.5 Å². The first-order valence-corrected chi connectivity index (χ1v) is 13.9. The molecule has 242 valence electrons. The Labute approximate surface area is 253 Å². The van der Waals surface area contributed by atoms with Gasteiger partial charge in [-0.1, -0.05) is 18.2 Å². The molecule has 2 heterocycles. The van der Waals surface area contributed by atoms with Gasteiger partial charge in [-0.15, -0.1) is 0 Å². The van der Waals surface area contributed by atoms with Gasteiger partial charge in [-0.05, 0) is 39.3 Å². The Bertz CT molecular complexity index is 1240. The SMILES string of the molecule is CCOC(=O)C1=C(C)N(CCN2CCOCC2)C(C)=C(C(=O)OCC)C1c1ccccc1C(F)(F)F.O=C(O)/C=C\C(=O)O. The molecule has 0 spiro atoms. The molecule has 0 radical (unpaired) electrons. The topological polar surface area (TPSA) is 143 Å². The van der Waals surface area contributed by atoms with Crippen molar-refractivity contribution in [2.24, 2.45) is 0 Å². The second-order valence-electron chi connectivity index (χ2n) is 9.57. The summed E-state index contributed by atoms with van der Waals surface area (Å²) in [6.45, 7) is 10.4. The standard InChI is InChI=1S/C26H33F3N2O5.C4H4O4/c1-5-35-24(32)21-17(3)31(12-11-30-13-15-34-16-14-30)18(4)22(25(33)36-6-2)23(21)19-9-7-8-10-20(19)26(27,28)29;5-3(6)1-2-4(7)8/h7-10,23H,5-6,11-16H2,1-4H3;1-2H,(H,5,6)(H,7,8)/b;2-1-. The second kappa shape index (κ2) is 16.6. The predicted octanol–water partition coefficient (Wildman–Crippen LogP) is 3.82. The highest BCUT2D eigenvalue weighted by Gasteiger charge is 2.44. The highest BCUT2D eigenvalue weighted by molar-refractivity contribution is 6.00. The van der Waals surface area contributed by atoms with Gasteiger partial charge in [0.05, 0.1) is 49.1 Å². The lowest BCUT2D eigenvalue weighted by molar-refractivity contribution is -0.142. The van der Waals surface area contributed by atoms with Gasteiger partial charge >= 0.3 is 30.1 Å². The Morgan fingerprint density at radius 3 is 1.80 bits per heavy atom. The molecule has 0 aromatic heterocycles. The van der Waals surface area contributed by atoms with Crippen LogP contribution < -0.4 is 0 Å². The van der Waals surface area contributed by atoms with Gasteiger partial charge in [0.2, 0.25) is 0 Å². The lowest BCUT2D eigenvalue weighted by Gasteiger charge is -2.39. The summed E-state index contributed by atoms with van der Waals surface area (Å²) in [4.78, 5) is 49.6. The summed E-state index contributed by atoms with van der Waals surface area (Å²) in [6, 6.07) is 5.00. The number of ether oxygens (including phenoxy) is 3. The summed E-state index contributed by atoms with van der Waals surface area (Å²) >= 11 is 0. The molecule has 2 aliphatic heterocycles. The van der Waals surface area contributed by atoms with Crippen molar-refractivity contribution in [3.8, 4) is 0 Å². The lowest BCUT2D eigenvalue weighted by Crippen LogP contribution is -2.43. The summed E-state index contributed by atoms with van der Waals surface area (Å²) in [5.74, 6) is -5.33. The van der Waals surface area contributed by atoms with Crippen LogP contribution in [0.3, 0.4) is 0 Å². The molecule has 0 aliphatic carbocycles. The number of halogens is 3. The van der Waals surface area contributed by atoms with Gasteiger partial charge in [0.25, 0.3) is 0 Å². The van der Waals surface area contributed by atoms with Crippen LogP contribution in [0.5, 0.6) is 0 Å². The molecule has 3 rings (SSSR count). The molecule has 0 saturated carbocycles. The number of hydrogen-bond acceptors (Lipinski definition) is 9. The number of nitrogens with zero attached hydrogens (tertiary/aromatic N) is 2. The summed E-state index contributed by atoms with van der Waals surface area (Å²) in [5.41, 5.74) is -0.194. The molecular formula is C30H37F3N2O9. The molecule has 1 aromatic rings. The van der Waals surface area contributed by atoms with E-state index in [1.807, 2.05) is 0 Å². The zero-order valence-electron chi connectivity index (χ0n) is 25.0. The maximum absolute atomic E-state index is 14.1. The minimum absolute atomic E-state index is 0.00387. The number of carboxylic acid groups (broad SMARTS) is 2. The number of alkyl halides is 3. The quantitative estimate of drug-likeness (QED) is 0.289. The van der Waals surface area contributed by atoms with Gasteiger partial charge in [-0.3, -0.25) is 4.90 Å². The van der Waals surface area contributed by atoms with Gasteiger partial charge in [-0.2, -0.15) is 13.2 Å². The number of rotatable bonds is 10. The van der Waals surface area contributed by atoms with Crippen LogP contribution >= 0.6 is 0 Å². The Kier molecular flexibility index (Phi) is 13.6. The van der Waals surface area contributed by atoms with Gasteiger partial charge < -0.3 is 29.3 Å². The minimum atomic E-state index is -4.69. The van der Waals surface area contributed by atoms with Crippen molar-refractivity contribution in [1.82, 2.24) is 9.80 Å². The number of allylic oxidation sites excluding steroid dienone is 2.